The summed E-state index contributed by atoms with van der Waals surface area (Å²) in [5.41, 5.74) is 1.01. The molecule has 154 valence electrons. The van der Waals surface area contributed by atoms with Gasteiger partial charge in [-0.25, -0.2) is 4.98 Å². The smallest absolute Gasteiger partial charge is 0.256 e. The third-order valence-electron chi connectivity index (χ3n) is 4.03. The number of nitrogens with one attached hydrogen (secondary N) is 2. The van der Waals surface area contributed by atoms with Crippen LogP contribution >= 0.6 is 27.7 Å². The first-order chi connectivity index (χ1) is 14.5. The van der Waals surface area contributed by atoms with E-state index in [1.54, 1.807) is 61.5 Å². The van der Waals surface area contributed by atoms with Crippen molar-refractivity contribution in [2.24, 2.45) is 0 Å². The van der Waals surface area contributed by atoms with E-state index in [1.165, 1.54) is 0 Å². The molecule has 30 heavy (non-hydrogen) atoms. The SMILES string of the molecule is COc1ccc(SCCC(=O)Nc2cccc(C(=O)Nc3ccc(Br)cn3)c2)cc1. The molecule has 0 saturated heterocycles. The van der Waals surface area contributed by atoms with E-state index >= 15 is 0 Å². The number of hydrogen-bond acceptors (Lipinski definition) is 5. The van der Waals surface area contributed by atoms with E-state index in [-0.39, 0.29) is 11.8 Å². The monoisotopic (exact) mass is 485 g/mol. The first-order valence-electron chi connectivity index (χ1n) is 9.13. The number of hydrogen-bond donors (Lipinski definition) is 2. The molecule has 0 atom stereocenters. The van der Waals surface area contributed by atoms with Crippen LogP contribution in [0.1, 0.15) is 16.8 Å². The first-order valence-corrected chi connectivity index (χ1v) is 10.9. The van der Waals surface area contributed by atoms with E-state index in [2.05, 4.69) is 31.5 Å². The van der Waals surface area contributed by atoms with Crippen molar-refractivity contribution in [1.29, 1.82) is 0 Å². The summed E-state index contributed by atoms with van der Waals surface area (Å²) in [6, 6.07) is 18.0. The van der Waals surface area contributed by atoms with Gasteiger partial charge in [-0.15, -0.1) is 11.8 Å². The van der Waals surface area contributed by atoms with Crippen molar-refractivity contribution in [3.63, 3.8) is 0 Å². The second kappa shape index (κ2) is 10.8. The predicted molar refractivity (Wildman–Crippen MR) is 123 cm³/mol. The molecule has 1 heterocycles. The lowest BCUT2D eigenvalue weighted by molar-refractivity contribution is -0.115. The van der Waals surface area contributed by atoms with Gasteiger partial charge in [-0.2, -0.15) is 0 Å². The fraction of sp³-hybridized carbons (Fsp3) is 0.136. The van der Waals surface area contributed by atoms with Gasteiger partial charge >= 0.3 is 0 Å². The Hall–Kier alpha value is -2.84. The number of halogens is 1. The minimum absolute atomic E-state index is 0.108. The highest BCUT2D eigenvalue weighted by atomic mass is 79.9. The van der Waals surface area contributed by atoms with Crippen LogP contribution in [0, 0.1) is 0 Å². The van der Waals surface area contributed by atoms with Crippen LogP contribution < -0.4 is 15.4 Å². The van der Waals surface area contributed by atoms with Gasteiger partial charge in [-0.3, -0.25) is 9.59 Å². The Morgan fingerprint density at radius 2 is 1.87 bits per heavy atom. The summed E-state index contributed by atoms with van der Waals surface area (Å²) in [5, 5.41) is 5.57. The van der Waals surface area contributed by atoms with Crippen molar-refractivity contribution in [3.8, 4) is 5.75 Å². The summed E-state index contributed by atoms with van der Waals surface area (Å²) in [5.74, 6) is 1.50. The Bertz CT molecular complexity index is 1010. The van der Waals surface area contributed by atoms with Crippen LogP contribution in [0.5, 0.6) is 5.75 Å². The molecule has 0 aliphatic carbocycles. The van der Waals surface area contributed by atoms with E-state index in [9.17, 15) is 9.59 Å². The average Bonchev–Trinajstić information content (AvgIpc) is 2.76. The summed E-state index contributed by atoms with van der Waals surface area (Å²) < 4.78 is 5.96. The van der Waals surface area contributed by atoms with Crippen molar-refractivity contribution in [2.45, 2.75) is 11.3 Å². The number of rotatable bonds is 8. The molecule has 0 bridgehead atoms. The van der Waals surface area contributed by atoms with Gasteiger partial charge in [0.25, 0.3) is 5.91 Å². The number of anilines is 2. The fourth-order valence-electron chi connectivity index (χ4n) is 2.53. The third-order valence-corrected chi connectivity index (χ3v) is 5.52. The van der Waals surface area contributed by atoms with Crippen molar-refractivity contribution < 1.29 is 14.3 Å². The number of amides is 2. The number of methoxy groups -OCH3 is 1. The molecule has 0 aliphatic heterocycles. The lowest BCUT2D eigenvalue weighted by Crippen LogP contribution is -2.15. The van der Waals surface area contributed by atoms with Gasteiger partial charge in [0.05, 0.1) is 7.11 Å². The van der Waals surface area contributed by atoms with Crippen LogP contribution in [0.3, 0.4) is 0 Å². The van der Waals surface area contributed by atoms with Crippen molar-refractivity contribution in [1.82, 2.24) is 4.98 Å². The maximum atomic E-state index is 12.4. The van der Waals surface area contributed by atoms with Crippen LogP contribution in [0.4, 0.5) is 11.5 Å². The van der Waals surface area contributed by atoms with E-state index in [4.69, 9.17) is 4.74 Å². The molecule has 8 heteroatoms. The van der Waals surface area contributed by atoms with Gasteiger partial charge in [0, 0.05) is 39.0 Å². The number of ether oxygens (including phenoxy) is 1. The van der Waals surface area contributed by atoms with Gasteiger partial charge in [0.1, 0.15) is 11.6 Å². The average molecular weight is 486 g/mol. The number of carbonyl (C=O) groups is 2. The zero-order chi connectivity index (χ0) is 21.3. The Kier molecular flexibility index (Phi) is 7.87. The van der Waals surface area contributed by atoms with Crippen LogP contribution in [-0.4, -0.2) is 29.7 Å². The van der Waals surface area contributed by atoms with Crippen molar-refractivity contribution >= 4 is 51.0 Å². The Balaban J connectivity index is 1.50. The molecular weight excluding hydrogens is 466 g/mol. The van der Waals surface area contributed by atoms with E-state index in [0.29, 0.717) is 29.2 Å². The van der Waals surface area contributed by atoms with Crippen LogP contribution in [0.25, 0.3) is 0 Å². The van der Waals surface area contributed by atoms with Crippen LogP contribution in [-0.2, 0) is 4.79 Å². The minimum atomic E-state index is -0.295. The molecule has 3 rings (SSSR count). The summed E-state index contributed by atoms with van der Waals surface area (Å²) in [6.45, 7) is 0. The molecule has 1 aromatic heterocycles. The lowest BCUT2D eigenvalue weighted by Gasteiger charge is -2.08. The van der Waals surface area contributed by atoms with Crippen LogP contribution in [0.2, 0.25) is 0 Å². The normalized spacial score (nSPS) is 10.3. The number of aromatic nitrogens is 1. The topological polar surface area (TPSA) is 80.3 Å². The second-order valence-electron chi connectivity index (χ2n) is 6.22. The van der Waals surface area contributed by atoms with Gasteiger partial charge in [0.2, 0.25) is 5.91 Å². The zero-order valence-corrected chi connectivity index (χ0v) is 18.6. The largest absolute Gasteiger partial charge is 0.497 e. The maximum absolute atomic E-state index is 12.4. The number of thioether (sulfide) groups is 1. The molecule has 3 aromatic rings. The molecular formula is C22H20BrN3O3S. The van der Waals surface area contributed by atoms with Gasteiger partial charge in [-0.1, -0.05) is 6.07 Å². The highest BCUT2D eigenvalue weighted by Crippen LogP contribution is 2.22. The molecule has 0 aliphatic rings. The zero-order valence-electron chi connectivity index (χ0n) is 16.2. The number of pyridine rings is 1. The fourth-order valence-corrected chi connectivity index (χ4v) is 3.62. The summed E-state index contributed by atoms with van der Waals surface area (Å²) in [7, 11) is 1.63. The predicted octanol–water partition coefficient (Wildman–Crippen LogP) is 5.23. The Labute approximate surface area is 187 Å². The molecule has 0 fully saturated rings. The second-order valence-corrected chi connectivity index (χ2v) is 8.30. The van der Waals surface area contributed by atoms with Gasteiger partial charge < -0.3 is 15.4 Å². The molecule has 2 aromatic carbocycles. The quantitative estimate of drug-likeness (QED) is 0.427. The van der Waals surface area contributed by atoms with Crippen LogP contribution in [0.15, 0.2) is 76.2 Å². The first kappa shape index (κ1) is 21.9. The standard InChI is InChI=1S/C22H20BrN3O3S/c1-29-18-6-8-19(9-7-18)30-12-11-21(27)25-17-4-2-3-15(13-17)22(28)26-20-10-5-16(23)14-24-20/h2-10,13-14H,11-12H2,1H3,(H,25,27)(H,24,26,28). The number of nitrogens with zero attached hydrogens (tertiary/aromatic N) is 1. The summed E-state index contributed by atoms with van der Waals surface area (Å²) >= 11 is 4.90. The molecule has 0 spiro atoms. The molecule has 0 saturated carbocycles. The van der Waals surface area contributed by atoms with Gasteiger partial charge in [-0.05, 0) is 70.5 Å². The van der Waals surface area contributed by atoms with E-state index in [0.717, 1.165) is 15.1 Å². The van der Waals surface area contributed by atoms with E-state index < -0.39 is 0 Å². The molecule has 6 nitrogen and oxygen atoms in total. The minimum Gasteiger partial charge on any atom is -0.497 e. The number of benzene rings is 2. The highest BCUT2D eigenvalue weighted by molar-refractivity contribution is 9.10. The van der Waals surface area contributed by atoms with Crippen molar-refractivity contribution in [3.05, 3.63) is 76.9 Å². The summed E-state index contributed by atoms with van der Waals surface area (Å²) in [6.07, 6.45) is 1.96. The molecule has 0 radical (unpaired) electrons. The molecule has 2 N–H and O–H groups in total. The van der Waals surface area contributed by atoms with Crippen molar-refractivity contribution in [2.75, 3.05) is 23.5 Å². The highest BCUT2D eigenvalue weighted by Gasteiger charge is 2.09. The molecule has 0 unspecified atom stereocenters. The maximum Gasteiger partial charge on any atom is 0.256 e. The number of carbonyl (C=O) groups excluding carboxylic acids is 2. The Morgan fingerprint density at radius 3 is 2.57 bits per heavy atom. The Morgan fingerprint density at radius 1 is 1.07 bits per heavy atom. The molecule has 2 amide bonds. The lowest BCUT2D eigenvalue weighted by atomic mass is 10.2. The summed E-state index contributed by atoms with van der Waals surface area (Å²) in [4.78, 5) is 29.9. The third kappa shape index (κ3) is 6.60. The van der Waals surface area contributed by atoms with E-state index in [1.807, 2.05) is 24.3 Å². The van der Waals surface area contributed by atoms with Gasteiger partial charge in [0.15, 0.2) is 0 Å².